The van der Waals surface area contributed by atoms with Crippen LogP contribution in [0.1, 0.15) is 54.2 Å². The van der Waals surface area contributed by atoms with Crippen LogP contribution in [0.25, 0.3) is 0 Å². The highest BCUT2D eigenvalue weighted by atomic mass is 35.5. The summed E-state index contributed by atoms with van der Waals surface area (Å²) < 4.78 is 0. The number of fused-ring (bicyclic) bond motifs is 1. The van der Waals surface area contributed by atoms with E-state index < -0.39 is 11.5 Å². The van der Waals surface area contributed by atoms with Crippen molar-refractivity contribution in [3.63, 3.8) is 0 Å². The fraction of sp³-hybridized carbons (Fsp3) is 0.259. The van der Waals surface area contributed by atoms with E-state index >= 15 is 0 Å². The van der Waals surface area contributed by atoms with Gasteiger partial charge in [-0.3, -0.25) is 9.59 Å². The number of para-hydroxylation sites is 1. The molecule has 1 N–H and O–H groups in total. The van der Waals surface area contributed by atoms with E-state index in [4.69, 9.17) is 23.2 Å². The van der Waals surface area contributed by atoms with Crippen molar-refractivity contribution in [1.82, 2.24) is 0 Å². The first-order valence-corrected chi connectivity index (χ1v) is 11.5. The molecular weight excluding hydrogens is 457 g/mol. The molecule has 0 fully saturated rings. The SMILES string of the molecule is CC(C)(C)c1ccc(C(=O)CC2(O)C(=O)N(Cc3c(Cl)cccc3Cl)c3ccccc32)cc1. The fourth-order valence-corrected chi connectivity index (χ4v) is 4.68. The first-order valence-electron chi connectivity index (χ1n) is 10.7. The Morgan fingerprint density at radius 1 is 0.939 bits per heavy atom. The second-order valence-electron chi connectivity index (χ2n) is 9.40. The van der Waals surface area contributed by atoms with Gasteiger partial charge in [-0.05, 0) is 29.2 Å². The number of carbonyl (C=O) groups is 2. The van der Waals surface area contributed by atoms with E-state index in [0.29, 0.717) is 32.4 Å². The summed E-state index contributed by atoms with van der Waals surface area (Å²) in [6, 6.07) is 19.4. The maximum absolute atomic E-state index is 13.5. The van der Waals surface area contributed by atoms with Crippen LogP contribution in [0.5, 0.6) is 0 Å². The quantitative estimate of drug-likeness (QED) is 0.435. The van der Waals surface area contributed by atoms with Gasteiger partial charge in [0, 0.05) is 26.7 Å². The van der Waals surface area contributed by atoms with Crippen molar-refractivity contribution in [2.24, 2.45) is 0 Å². The highest BCUT2D eigenvalue weighted by Crippen LogP contribution is 2.44. The second-order valence-corrected chi connectivity index (χ2v) is 10.2. The van der Waals surface area contributed by atoms with Crippen LogP contribution in [0.4, 0.5) is 5.69 Å². The van der Waals surface area contributed by atoms with Crippen LogP contribution in [0, 0.1) is 0 Å². The number of rotatable bonds is 5. The monoisotopic (exact) mass is 481 g/mol. The molecule has 1 amide bonds. The van der Waals surface area contributed by atoms with Crippen molar-refractivity contribution >= 4 is 40.6 Å². The van der Waals surface area contributed by atoms with Crippen LogP contribution in [0.2, 0.25) is 10.0 Å². The number of amides is 1. The molecule has 0 saturated heterocycles. The molecular formula is C27H25Cl2NO3. The van der Waals surface area contributed by atoms with Crippen molar-refractivity contribution in [1.29, 1.82) is 0 Å². The fourth-order valence-electron chi connectivity index (χ4n) is 4.17. The number of anilines is 1. The molecule has 1 heterocycles. The van der Waals surface area contributed by atoms with E-state index in [2.05, 4.69) is 20.8 Å². The van der Waals surface area contributed by atoms with Gasteiger partial charge >= 0.3 is 0 Å². The molecule has 0 aliphatic carbocycles. The molecule has 1 aliphatic heterocycles. The average molecular weight is 482 g/mol. The number of carbonyl (C=O) groups excluding carboxylic acids is 2. The number of halogens is 2. The van der Waals surface area contributed by atoms with E-state index in [1.165, 1.54) is 4.90 Å². The van der Waals surface area contributed by atoms with Crippen molar-refractivity contribution in [3.05, 3.63) is 99.0 Å². The maximum Gasteiger partial charge on any atom is 0.264 e. The molecule has 4 nitrogen and oxygen atoms in total. The van der Waals surface area contributed by atoms with Crippen LogP contribution in [-0.4, -0.2) is 16.8 Å². The Morgan fingerprint density at radius 2 is 1.55 bits per heavy atom. The first-order chi connectivity index (χ1) is 15.5. The third-order valence-corrected chi connectivity index (χ3v) is 6.81. The Kier molecular flexibility index (Phi) is 6.12. The number of hydrogen-bond donors (Lipinski definition) is 1. The zero-order chi connectivity index (χ0) is 24.0. The minimum atomic E-state index is -1.97. The lowest BCUT2D eigenvalue weighted by Crippen LogP contribution is -2.41. The summed E-state index contributed by atoms with van der Waals surface area (Å²) in [4.78, 5) is 28.1. The Balaban J connectivity index is 1.66. The number of hydrogen-bond acceptors (Lipinski definition) is 3. The van der Waals surface area contributed by atoms with Crippen molar-refractivity contribution in [2.75, 3.05) is 4.90 Å². The molecule has 1 atom stereocenters. The normalized spacial score (nSPS) is 17.9. The van der Waals surface area contributed by atoms with Gasteiger partial charge in [-0.2, -0.15) is 0 Å². The minimum Gasteiger partial charge on any atom is -0.375 e. The van der Waals surface area contributed by atoms with Crippen LogP contribution in [-0.2, 0) is 22.4 Å². The van der Waals surface area contributed by atoms with E-state index in [1.807, 2.05) is 12.1 Å². The number of benzene rings is 3. The van der Waals surface area contributed by atoms with Gasteiger partial charge in [-0.25, -0.2) is 0 Å². The lowest BCUT2D eigenvalue weighted by Gasteiger charge is -2.24. The van der Waals surface area contributed by atoms with Gasteiger partial charge in [0.05, 0.1) is 18.7 Å². The number of ketones is 1. The zero-order valence-electron chi connectivity index (χ0n) is 18.7. The summed E-state index contributed by atoms with van der Waals surface area (Å²) in [5, 5.41) is 12.4. The molecule has 0 radical (unpaired) electrons. The van der Waals surface area contributed by atoms with E-state index in [1.54, 1.807) is 54.6 Å². The molecule has 0 saturated carbocycles. The van der Waals surface area contributed by atoms with Gasteiger partial charge in [-0.15, -0.1) is 0 Å². The number of Topliss-reactive ketones (excluding diaryl/α,β-unsaturated/α-hetero) is 1. The molecule has 4 rings (SSSR count). The summed E-state index contributed by atoms with van der Waals surface area (Å²) in [6.07, 6.45) is -0.357. The predicted octanol–water partition coefficient (Wildman–Crippen LogP) is 6.30. The molecule has 1 aliphatic rings. The van der Waals surface area contributed by atoms with Gasteiger partial charge in [0.25, 0.3) is 5.91 Å². The Labute approximate surface area is 203 Å². The summed E-state index contributed by atoms with van der Waals surface area (Å²) in [6.45, 7) is 6.38. The highest BCUT2D eigenvalue weighted by molar-refractivity contribution is 6.36. The summed E-state index contributed by atoms with van der Waals surface area (Å²) >= 11 is 12.6. The Hall–Kier alpha value is -2.66. The lowest BCUT2D eigenvalue weighted by atomic mass is 9.85. The van der Waals surface area contributed by atoms with Crippen LogP contribution in [0.15, 0.2) is 66.7 Å². The zero-order valence-corrected chi connectivity index (χ0v) is 20.2. The molecule has 33 heavy (non-hydrogen) atoms. The number of aliphatic hydroxyl groups is 1. The number of nitrogens with zero attached hydrogens (tertiary/aromatic N) is 1. The summed E-state index contributed by atoms with van der Waals surface area (Å²) in [5.41, 5.74) is 1.06. The van der Waals surface area contributed by atoms with Gasteiger partial charge in [0.15, 0.2) is 11.4 Å². The molecule has 170 valence electrons. The Morgan fingerprint density at radius 3 is 2.15 bits per heavy atom. The van der Waals surface area contributed by atoms with Gasteiger partial charge in [-0.1, -0.05) is 92.5 Å². The minimum absolute atomic E-state index is 0.0410. The van der Waals surface area contributed by atoms with Crippen LogP contribution < -0.4 is 4.90 Å². The third-order valence-electron chi connectivity index (χ3n) is 6.11. The first kappa shape index (κ1) is 23.5. The summed E-state index contributed by atoms with van der Waals surface area (Å²) in [5.74, 6) is -0.877. The smallest absolute Gasteiger partial charge is 0.264 e. The molecule has 0 bridgehead atoms. The van der Waals surface area contributed by atoms with Crippen molar-refractivity contribution < 1.29 is 14.7 Å². The van der Waals surface area contributed by atoms with E-state index in [-0.39, 0.29) is 24.2 Å². The third kappa shape index (κ3) is 4.31. The Bertz CT molecular complexity index is 1210. The molecule has 6 heteroatoms. The molecule has 1 unspecified atom stereocenters. The lowest BCUT2D eigenvalue weighted by molar-refractivity contribution is -0.136. The van der Waals surface area contributed by atoms with Gasteiger partial charge in [0.1, 0.15) is 0 Å². The topological polar surface area (TPSA) is 57.6 Å². The highest BCUT2D eigenvalue weighted by Gasteiger charge is 2.51. The molecule has 3 aromatic rings. The second kappa shape index (κ2) is 8.60. The summed E-state index contributed by atoms with van der Waals surface area (Å²) in [7, 11) is 0. The van der Waals surface area contributed by atoms with E-state index in [9.17, 15) is 14.7 Å². The predicted molar refractivity (Wildman–Crippen MR) is 132 cm³/mol. The average Bonchev–Trinajstić information content (AvgIpc) is 2.97. The van der Waals surface area contributed by atoms with Gasteiger partial charge < -0.3 is 10.0 Å². The standard InChI is InChI=1S/C27H25Cl2NO3/c1-26(2,3)18-13-11-17(12-14-18)24(31)15-27(33)20-7-4-5-10-23(20)30(25(27)32)16-19-21(28)8-6-9-22(19)29/h4-14,33H,15-16H2,1-3H3. The van der Waals surface area contributed by atoms with E-state index in [0.717, 1.165) is 5.56 Å². The van der Waals surface area contributed by atoms with Gasteiger partial charge in [0.2, 0.25) is 0 Å². The molecule has 0 aromatic heterocycles. The van der Waals surface area contributed by atoms with Crippen LogP contribution in [0.3, 0.4) is 0 Å². The molecule has 3 aromatic carbocycles. The van der Waals surface area contributed by atoms with Crippen LogP contribution >= 0.6 is 23.2 Å². The maximum atomic E-state index is 13.5. The largest absolute Gasteiger partial charge is 0.375 e. The van der Waals surface area contributed by atoms with Crippen molar-refractivity contribution in [3.8, 4) is 0 Å². The van der Waals surface area contributed by atoms with Crippen molar-refractivity contribution in [2.45, 2.75) is 44.8 Å². The molecule has 0 spiro atoms.